The molecule has 0 N–H and O–H groups in total. The summed E-state index contributed by atoms with van der Waals surface area (Å²) in [5.74, 6) is 2.65. The van der Waals surface area contributed by atoms with Crippen molar-refractivity contribution < 1.29 is 9.15 Å². The molecule has 0 saturated carbocycles. The zero-order valence-electron chi connectivity index (χ0n) is 11.2. The van der Waals surface area contributed by atoms with Crippen molar-refractivity contribution in [1.29, 1.82) is 0 Å². The van der Waals surface area contributed by atoms with Crippen molar-refractivity contribution in [3.05, 3.63) is 47.4 Å². The first-order valence-corrected chi connectivity index (χ1v) is 5.87. The van der Waals surface area contributed by atoms with E-state index in [2.05, 4.69) is 4.99 Å². The fourth-order valence-corrected chi connectivity index (χ4v) is 1.90. The van der Waals surface area contributed by atoms with Crippen LogP contribution in [0, 0.1) is 13.8 Å². The molecule has 0 amide bonds. The lowest BCUT2D eigenvalue weighted by molar-refractivity contribution is 0.415. The summed E-state index contributed by atoms with van der Waals surface area (Å²) >= 11 is 0. The Morgan fingerprint density at radius 2 is 1.83 bits per heavy atom. The summed E-state index contributed by atoms with van der Waals surface area (Å²) in [6, 6.07) is 9.69. The number of aliphatic imine (C=N–C) groups is 1. The summed E-state index contributed by atoms with van der Waals surface area (Å²) in [6.07, 6.45) is 0. The molecule has 0 unspecified atom stereocenters. The van der Waals surface area contributed by atoms with Crippen molar-refractivity contribution in [2.45, 2.75) is 20.8 Å². The van der Waals surface area contributed by atoms with E-state index >= 15 is 0 Å². The van der Waals surface area contributed by atoms with Crippen LogP contribution in [-0.4, -0.2) is 12.8 Å². The number of hydrogen-bond donors (Lipinski definition) is 0. The smallest absolute Gasteiger partial charge is 0.119 e. The van der Waals surface area contributed by atoms with Crippen molar-refractivity contribution in [2.24, 2.45) is 4.99 Å². The molecular formula is C15H17NO2. The van der Waals surface area contributed by atoms with E-state index in [1.807, 2.05) is 51.1 Å². The van der Waals surface area contributed by atoms with Crippen LogP contribution >= 0.6 is 0 Å². The molecule has 0 aliphatic carbocycles. The van der Waals surface area contributed by atoms with Crippen molar-refractivity contribution in [1.82, 2.24) is 0 Å². The lowest BCUT2D eigenvalue weighted by Gasteiger charge is -2.01. The van der Waals surface area contributed by atoms with Gasteiger partial charge in [-0.2, -0.15) is 0 Å². The molecule has 3 nitrogen and oxygen atoms in total. The number of hydrogen-bond acceptors (Lipinski definition) is 3. The molecule has 0 spiro atoms. The maximum atomic E-state index is 5.51. The highest BCUT2D eigenvalue weighted by Crippen LogP contribution is 2.21. The Kier molecular flexibility index (Phi) is 3.51. The second-order valence-corrected chi connectivity index (χ2v) is 4.22. The van der Waals surface area contributed by atoms with Gasteiger partial charge in [0, 0.05) is 11.3 Å². The average molecular weight is 243 g/mol. The number of ether oxygens (including phenoxy) is 1. The monoisotopic (exact) mass is 243 g/mol. The number of benzene rings is 1. The van der Waals surface area contributed by atoms with E-state index in [4.69, 9.17) is 9.15 Å². The van der Waals surface area contributed by atoms with Crippen molar-refractivity contribution in [2.75, 3.05) is 7.11 Å². The molecule has 0 aliphatic rings. The number of methoxy groups -OCH3 is 1. The van der Waals surface area contributed by atoms with Gasteiger partial charge in [0.25, 0.3) is 0 Å². The SMILES string of the molecule is COc1ccc(N=C(C)c2cc(C)oc2C)cc1. The molecule has 0 saturated heterocycles. The Bertz CT molecular complexity index is 565. The number of furan rings is 1. The predicted molar refractivity (Wildman–Crippen MR) is 73.0 cm³/mol. The summed E-state index contributed by atoms with van der Waals surface area (Å²) in [6.45, 7) is 5.88. The van der Waals surface area contributed by atoms with Crippen LogP contribution in [0.25, 0.3) is 0 Å². The van der Waals surface area contributed by atoms with Gasteiger partial charge in [0.05, 0.1) is 12.8 Å². The first-order valence-electron chi connectivity index (χ1n) is 5.87. The number of rotatable bonds is 3. The van der Waals surface area contributed by atoms with E-state index in [1.54, 1.807) is 7.11 Å². The van der Waals surface area contributed by atoms with E-state index in [1.165, 1.54) is 0 Å². The zero-order chi connectivity index (χ0) is 13.1. The van der Waals surface area contributed by atoms with E-state index in [9.17, 15) is 0 Å². The number of nitrogens with zero attached hydrogens (tertiary/aromatic N) is 1. The van der Waals surface area contributed by atoms with Gasteiger partial charge in [0.1, 0.15) is 17.3 Å². The Labute approximate surface area is 107 Å². The van der Waals surface area contributed by atoms with Crippen molar-refractivity contribution >= 4 is 11.4 Å². The Morgan fingerprint density at radius 1 is 1.17 bits per heavy atom. The molecule has 0 bridgehead atoms. The molecule has 94 valence electrons. The largest absolute Gasteiger partial charge is 0.497 e. The van der Waals surface area contributed by atoms with Gasteiger partial charge in [-0.3, -0.25) is 4.99 Å². The quantitative estimate of drug-likeness (QED) is 0.762. The molecule has 18 heavy (non-hydrogen) atoms. The van der Waals surface area contributed by atoms with E-state index in [0.29, 0.717) is 0 Å². The van der Waals surface area contributed by atoms with Crippen LogP contribution in [0.2, 0.25) is 0 Å². The molecular weight excluding hydrogens is 226 g/mol. The van der Waals surface area contributed by atoms with Gasteiger partial charge in [0.15, 0.2) is 0 Å². The van der Waals surface area contributed by atoms with Crippen LogP contribution in [0.15, 0.2) is 39.7 Å². The zero-order valence-corrected chi connectivity index (χ0v) is 11.2. The lowest BCUT2D eigenvalue weighted by atomic mass is 10.1. The van der Waals surface area contributed by atoms with Gasteiger partial charge in [0.2, 0.25) is 0 Å². The minimum Gasteiger partial charge on any atom is -0.497 e. The van der Waals surface area contributed by atoms with E-state index in [0.717, 1.165) is 34.2 Å². The molecule has 3 heteroatoms. The highest BCUT2D eigenvalue weighted by Gasteiger charge is 2.07. The first-order chi connectivity index (χ1) is 8.60. The molecule has 0 atom stereocenters. The predicted octanol–water partition coefficient (Wildman–Crippen LogP) is 4.05. The van der Waals surface area contributed by atoms with Crippen LogP contribution in [-0.2, 0) is 0 Å². The average Bonchev–Trinajstić information content (AvgIpc) is 2.69. The fraction of sp³-hybridized carbons (Fsp3) is 0.267. The van der Waals surface area contributed by atoms with Gasteiger partial charge in [-0.15, -0.1) is 0 Å². The second kappa shape index (κ2) is 5.08. The Hall–Kier alpha value is -2.03. The minimum atomic E-state index is 0.835. The maximum absolute atomic E-state index is 5.51. The van der Waals surface area contributed by atoms with Gasteiger partial charge < -0.3 is 9.15 Å². The van der Waals surface area contributed by atoms with E-state index < -0.39 is 0 Å². The molecule has 2 rings (SSSR count). The normalized spacial score (nSPS) is 11.7. The third-order valence-electron chi connectivity index (χ3n) is 2.80. The summed E-state index contributed by atoms with van der Waals surface area (Å²) < 4.78 is 10.6. The lowest BCUT2D eigenvalue weighted by Crippen LogP contribution is -1.93. The summed E-state index contributed by atoms with van der Waals surface area (Å²) in [5, 5.41) is 0. The van der Waals surface area contributed by atoms with Crippen LogP contribution in [0.5, 0.6) is 5.75 Å². The molecule has 0 fully saturated rings. The van der Waals surface area contributed by atoms with Crippen LogP contribution in [0.4, 0.5) is 5.69 Å². The summed E-state index contributed by atoms with van der Waals surface area (Å²) in [7, 11) is 1.65. The maximum Gasteiger partial charge on any atom is 0.119 e. The van der Waals surface area contributed by atoms with E-state index in [-0.39, 0.29) is 0 Å². The van der Waals surface area contributed by atoms with Crippen LogP contribution < -0.4 is 4.74 Å². The highest BCUT2D eigenvalue weighted by atomic mass is 16.5. The first kappa shape index (κ1) is 12.4. The van der Waals surface area contributed by atoms with Gasteiger partial charge in [-0.25, -0.2) is 0 Å². The molecule has 0 radical (unpaired) electrons. The van der Waals surface area contributed by atoms with Crippen molar-refractivity contribution in [3.63, 3.8) is 0 Å². The summed E-state index contributed by atoms with van der Waals surface area (Å²) in [5.41, 5.74) is 2.92. The Balaban J connectivity index is 2.29. The topological polar surface area (TPSA) is 34.7 Å². The van der Waals surface area contributed by atoms with Crippen molar-refractivity contribution in [3.8, 4) is 5.75 Å². The van der Waals surface area contributed by atoms with Crippen LogP contribution in [0.1, 0.15) is 24.0 Å². The standard InChI is InChI=1S/C15H17NO2/c1-10-9-15(12(3)18-10)11(2)16-13-5-7-14(17-4)8-6-13/h5-9H,1-4H3. The molecule has 1 aromatic heterocycles. The van der Waals surface area contributed by atoms with Gasteiger partial charge in [-0.1, -0.05) is 0 Å². The third-order valence-corrected chi connectivity index (χ3v) is 2.80. The van der Waals surface area contributed by atoms with Gasteiger partial charge in [-0.05, 0) is 51.1 Å². The fourth-order valence-electron chi connectivity index (χ4n) is 1.90. The third kappa shape index (κ3) is 2.62. The Morgan fingerprint density at radius 3 is 2.33 bits per heavy atom. The molecule has 1 aromatic carbocycles. The molecule has 0 aliphatic heterocycles. The van der Waals surface area contributed by atoms with Crippen LogP contribution in [0.3, 0.4) is 0 Å². The second-order valence-electron chi connectivity index (χ2n) is 4.22. The highest BCUT2D eigenvalue weighted by molar-refractivity contribution is 6.01. The molecule has 1 heterocycles. The minimum absolute atomic E-state index is 0.835. The summed E-state index contributed by atoms with van der Waals surface area (Å²) in [4.78, 5) is 4.58. The number of aryl methyl sites for hydroxylation is 2. The van der Waals surface area contributed by atoms with Gasteiger partial charge >= 0.3 is 0 Å². The molecule has 2 aromatic rings.